The van der Waals surface area contributed by atoms with Gasteiger partial charge in [-0.3, -0.25) is 5.43 Å². The van der Waals surface area contributed by atoms with Gasteiger partial charge in [-0.1, -0.05) is 23.2 Å². The average molecular weight is 247 g/mol. The number of hydrogen-bond donors (Lipinski definition) is 2. The molecule has 0 aliphatic carbocycles. The van der Waals surface area contributed by atoms with E-state index in [2.05, 4.69) is 10.5 Å². The van der Waals surface area contributed by atoms with Crippen molar-refractivity contribution in [3.8, 4) is 0 Å². The zero-order valence-electron chi connectivity index (χ0n) is 7.79. The zero-order valence-corrected chi connectivity index (χ0v) is 9.30. The largest absolute Gasteiger partial charge is 0.477 e. The van der Waals surface area contributed by atoms with Gasteiger partial charge in [-0.05, 0) is 25.1 Å². The highest BCUT2D eigenvalue weighted by atomic mass is 35.5. The molecule has 4 nitrogen and oxygen atoms in total. The second-order valence-corrected chi connectivity index (χ2v) is 3.56. The summed E-state index contributed by atoms with van der Waals surface area (Å²) in [6, 6.07) is 4.80. The Bertz CT molecular complexity index is 419. The molecule has 2 N–H and O–H groups in total. The highest BCUT2D eigenvalue weighted by Gasteiger charge is 2.02. The second-order valence-electron chi connectivity index (χ2n) is 2.74. The first-order chi connectivity index (χ1) is 7.00. The number of aliphatic carboxylic acids is 1. The van der Waals surface area contributed by atoms with Crippen LogP contribution in [0.3, 0.4) is 0 Å². The van der Waals surface area contributed by atoms with Crippen LogP contribution in [-0.4, -0.2) is 16.8 Å². The zero-order chi connectivity index (χ0) is 11.4. The normalized spacial score (nSPS) is 11.3. The van der Waals surface area contributed by atoms with Gasteiger partial charge in [0.2, 0.25) is 0 Å². The van der Waals surface area contributed by atoms with Gasteiger partial charge >= 0.3 is 5.97 Å². The van der Waals surface area contributed by atoms with Gasteiger partial charge in [-0.15, -0.1) is 0 Å². The summed E-state index contributed by atoms with van der Waals surface area (Å²) in [6.45, 7) is 1.38. The van der Waals surface area contributed by atoms with Crippen molar-refractivity contribution in [3.63, 3.8) is 0 Å². The average Bonchev–Trinajstić information content (AvgIpc) is 2.19. The Kier molecular flexibility index (Phi) is 3.94. The van der Waals surface area contributed by atoms with Gasteiger partial charge in [0.25, 0.3) is 0 Å². The quantitative estimate of drug-likeness (QED) is 0.637. The van der Waals surface area contributed by atoms with Gasteiger partial charge < -0.3 is 5.11 Å². The lowest BCUT2D eigenvalue weighted by molar-refractivity contribution is -0.129. The summed E-state index contributed by atoms with van der Waals surface area (Å²) >= 11 is 11.5. The molecule has 0 bridgehead atoms. The van der Waals surface area contributed by atoms with E-state index < -0.39 is 5.97 Å². The van der Waals surface area contributed by atoms with Gasteiger partial charge in [0, 0.05) is 0 Å². The molecule has 0 saturated carbocycles. The van der Waals surface area contributed by atoms with Crippen LogP contribution in [0.15, 0.2) is 23.3 Å². The molecular formula is C9H8Cl2N2O2. The van der Waals surface area contributed by atoms with Crippen LogP contribution in [-0.2, 0) is 4.79 Å². The third-order valence-electron chi connectivity index (χ3n) is 1.58. The van der Waals surface area contributed by atoms with Crippen molar-refractivity contribution in [2.75, 3.05) is 5.43 Å². The summed E-state index contributed by atoms with van der Waals surface area (Å²) in [4.78, 5) is 10.4. The van der Waals surface area contributed by atoms with Crippen molar-refractivity contribution in [2.45, 2.75) is 6.92 Å². The Morgan fingerprint density at radius 3 is 2.60 bits per heavy atom. The Labute approximate surface area is 96.5 Å². The number of carboxylic acid groups (broad SMARTS) is 1. The van der Waals surface area contributed by atoms with Crippen LogP contribution in [0.2, 0.25) is 10.0 Å². The Morgan fingerprint density at radius 2 is 2.07 bits per heavy atom. The van der Waals surface area contributed by atoms with Crippen molar-refractivity contribution in [3.05, 3.63) is 28.2 Å². The molecule has 1 rings (SSSR count). The SMILES string of the molecule is C/C(=N/Nc1ccc(Cl)c(Cl)c1)C(=O)O. The number of hydrazone groups is 1. The maximum atomic E-state index is 10.4. The first-order valence-electron chi connectivity index (χ1n) is 3.99. The van der Waals surface area contributed by atoms with Crippen LogP contribution in [0.5, 0.6) is 0 Å². The van der Waals surface area contributed by atoms with Crippen LogP contribution in [0.25, 0.3) is 0 Å². The van der Waals surface area contributed by atoms with Crippen LogP contribution < -0.4 is 5.43 Å². The Morgan fingerprint density at radius 1 is 1.40 bits per heavy atom. The molecule has 6 heteroatoms. The Balaban J connectivity index is 2.78. The first kappa shape index (κ1) is 11.8. The van der Waals surface area contributed by atoms with E-state index in [-0.39, 0.29) is 5.71 Å². The third-order valence-corrected chi connectivity index (χ3v) is 2.32. The molecule has 0 amide bonds. The molecule has 0 saturated heterocycles. The minimum Gasteiger partial charge on any atom is -0.477 e. The first-order valence-corrected chi connectivity index (χ1v) is 4.75. The van der Waals surface area contributed by atoms with Gasteiger partial charge in [-0.25, -0.2) is 4.79 Å². The predicted octanol–water partition coefficient (Wildman–Crippen LogP) is 2.87. The van der Waals surface area contributed by atoms with Crippen LogP contribution in [0.1, 0.15) is 6.92 Å². The van der Waals surface area contributed by atoms with Crippen molar-refractivity contribution in [2.24, 2.45) is 5.10 Å². The topological polar surface area (TPSA) is 61.7 Å². The molecule has 0 unspecified atom stereocenters. The van der Waals surface area contributed by atoms with E-state index in [0.717, 1.165) is 0 Å². The minimum atomic E-state index is -1.08. The lowest BCUT2D eigenvalue weighted by atomic mass is 10.3. The fourth-order valence-electron chi connectivity index (χ4n) is 0.762. The number of carboxylic acids is 1. The van der Waals surface area contributed by atoms with Gasteiger partial charge in [0.15, 0.2) is 0 Å². The maximum absolute atomic E-state index is 10.4. The lowest BCUT2D eigenvalue weighted by Crippen LogP contribution is -2.10. The number of anilines is 1. The molecule has 0 heterocycles. The van der Waals surface area contributed by atoms with Crippen molar-refractivity contribution >= 4 is 40.6 Å². The molecule has 0 aliphatic rings. The van der Waals surface area contributed by atoms with E-state index in [9.17, 15) is 4.79 Å². The highest BCUT2D eigenvalue weighted by Crippen LogP contribution is 2.24. The monoisotopic (exact) mass is 246 g/mol. The summed E-state index contributed by atoms with van der Waals surface area (Å²) in [5, 5.41) is 13.0. The fraction of sp³-hybridized carbons (Fsp3) is 0.111. The number of nitrogens with one attached hydrogen (secondary N) is 1. The van der Waals surface area contributed by atoms with Crippen molar-refractivity contribution in [1.29, 1.82) is 0 Å². The smallest absolute Gasteiger partial charge is 0.351 e. The highest BCUT2D eigenvalue weighted by molar-refractivity contribution is 6.42. The molecule has 0 aliphatic heterocycles. The van der Waals surface area contributed by atoms with Crippen LogP contribution in [0, 0.1) is 0 Å². The number of halogens is 2. The molecule has 1 aromatic carbocycles. The molecule has 0 fully saturated rings. The summed E-state index contributed by atoms with van der Waals surface area (Å²) in [7, 11) is 0. The summed E-state index contributed by atoms with van der Waals surface area (Å²) in [5.74, 6) is -1.08. The summed E-state index contributed by atoms with van der Waals surface area (Å²) in [5.41, 5.74) is 3.09. The molecule has 0 spiro atoms. The van der Waals surface area contributed by atoms with E-state index in [1.807, 2.05) is 0 Å². The molecule has 0 aromatic heterocycles. The van der Waals surface area contributed by atoms with E-state index in [4.69, 9.17) is 28.3 Å². The van der Waals surface area contributed by atoms with Gasteiger partial charge in [0.1, 0.15) is 5.71 Å². The molecule has 0 radical (unpaired) electrons. The third kappa shape index (κ3) is 3.42. The van der Waals surface area contributed by atoms with Crippen LogP contribution in [0.4, 0.5) is 5.69 Å². The number of carbonyl (C=O) groups is 1. The molecule has 0 atom stereocenters. The van der Waals surface area contributed by atoms with Gasteiger partial charge in [-0.2, -0.15) is 5.10 Å². The molecular weight excluding hydrogens is 239 g/mol. The summed E-state index contributed by atoms with van der Waals surface area (Å²) < 4.78 is 0. The number of nitrogens with zero attached hydrogens (tertiary/aromatic N) is 1. The van der Waals surface area contributed by atoms with E-state index >= 15 is 0 Å². The number of rotatable bonds is 3. The maximum Gasteiger partial charge on any atom is 0.351 e. The lowest BCUT2D eigenvalue weighted by Gasteiger charge is -2.02. The number of benzene rings is 1. The second kappa shape index (κ2) is 5.00. The molecule has 15 heavy (non-hydrogen) atoms. The fourth-order valence-corrected chi connectivity index (χ4v) is 1.06. The van der Waals surface area contributed by atoms with Crippen molar-refractivity contribution in [1.82, 2.24) is 0 Å². The minimum absolute atomic E-state index is 0.0407. The molecule has 1 aromatic rings. The summed E-state index contributed by atoms with van der Waals surface area (Å²) in [6.07, 6.45) is 0. The number of hydrogen-bond acceptors (Lipinski definition) is 3. The van der Waals surface area contributed by atoms with Gasteiger partial charge in [0.05, 0.1) is 15.7 Å². The van der Waals surface area contributed by atoms with E-state index in [0.29, 0.717) is 15.7 Å². The standard InChI is InChI=1S/C9H8Cl2N2O2/c1-5(9(14)15)12-13-6-2-3-7(10)8(11)4-6/h2-4,13H,1H3,(H,14,15)/b12-5-. The van der Waals surface area contributed by atoms with Crippen LogP contribution >= 0.6 is 23.2 Å². The predicted molar refractivity (Wildman–Crippen MR) is 60.8 cm³/mol. The van der Waals surface area contributed by atoms with E-state index in [1.165, 1.54) is 6.92 Å². The van der Waals surface area contributed by atoms with Crippen molar-refractivity contribution < 1.29 is 9.90 Å². The Hall–Kier alpha value is -1.26. The van der Waals surface area contributed by atoms with E-state index in [1.54, 1.807) is 18.2 Å². The molecule has 80 valence electrons.